The fourth-order valence-electron chi connectivity index (χ4n) is 2.81. The van der Waals surface area contributed by atoms with Crippen LogP contribution >= 0.6 is 0 Å². The Kier molecular flexibility index (Phi) is 3.79. The molecule has 0 aliphatic carbocycles. The van der Waals surface area contributed by atoms with Crippen LogP contribution in [-0.2, 0) is 5.41 Å². The Hall–Kier alpha value is -0.860. The molecule has 0 aromatic heterocycles. The summed E-state index contributed by atoms with van der Waals surface area (Å²) in [5.74, 6) is 0. The molecule has 1 aliphatic rings. The van der Waals surface area contributed by atoms with Crippen LogP contribution in [0.4, 0.5) is 0 Å². The highest BCUT2D eigenvalue weighted by Gasteiger charge is 2.21. The second-order valence-electron chi connectivity index (χ2n) is 6.48. The van der Waals surface area contributed by atoms with Gasteiger partial charge in [-0.2, -0.15) is 0 Å². The minimum atomic E-state index is 0.228. The Bertz CT molecular complexity index is 400. The molecule has 1 aliphatic heterocycles. The Balaban J connectivity index is 2.37. The minimum Gasteiger partial charge on any atom is -0.314 e. The lowest BCUT2D eigenvalue weighted by Crippen LogP contribution is -2.43. The maximum Gasteiger partial charge on any atom is 0.0452 e. The van der Waals surface area contributed by atoms with Gasteiger partial charge in [-0.1, -0.05) is 32.9 Å². The Morgan fingerprint density at radius 3 is 2.11 bits per heavy atom. The van der Waals surface area contributed by atoms with Gasteiger partial charge < -0.3 is 10.6 Å². The highest BCUT2D eigenvalue weighted by Crippen LogP contribution is 2.30. The van der Waals surface area contributed by atoms with Gasteiger partial charge in [-0.15, -0.1) is 0 Å². The van der Waals surface area contributed by atoms with Gasteiger partial charge in [-0.25, -0.2) is 0 Å². The largest absolute Gasteiger partial charge is 0.314 e. The van der Waals surface area contributed by atoms with Gasteiger partial charge in [0.2, 0.25) is 0 Å². The third-order valence-corrected chi connectivity index (χ3v) is 3.85. The van der Waals surface area contributed by atoms with Gasteiger partial charge in [0.15, 0.2) is 0 Å². The molecular formula is C16H26N2. The van der Waals surface area contributed by atoms with Crippen LogP contribution in [0, 0.1) is 13.8 Å². The summed E-state index contributed by atoms with van der Waals surface area (Å²) in [6.07, 6.45) is 0. The summed E-state index contributed by atoms with van der Waals surface area (Å²) in [5, 5.41) is 7.08. The molecule has 0 radical (unpaired) electrons. The van der Waals surface area contributed by atoms with Crippen LogP contribution in [0.2, 0.25) is 0 Å². The number of rotatable bonds is 1. The van der Waals surface area contributed by atoms with Gasteiger partial charge in [0.1, 0.15) is 0 Å². The predicted molar refractivity (Wildman–Crippen MR) is 78.2 cm³/mol. The van der Waals surface area contributed by atoms with E-state index < -0.39 is 0 Å². The van der Waals surface area contributed by atoms with E-state index in [9.17, 15) is 0 Å². The number of benzene rings is 1. The monoisotopic (exact) mass is 246 g/mol. The Labute approximate surface area is 111 Å². The van der Waals surface area contributed by atoms with Crippen molar-refractivity contribution in [3.8, 4) is 0 Å². The molecule has 100 valence electrons. The SMILES string of the molecule is Cc1cc(C(C)(C)C)cc(C)c1C1CNCCN1. The molecule has 2 nitrogen and oxygen atoms in total. The second kappa shape index (κ2) is 5.02. The summed E-state index contributed by atoms with van der Waals surface area (Å²) in [5.41, 5.74) is 5.98. The second-order valence-corrected chi connectivity index (χ2v) is 6.48. The quantitative estimate of drug-likeness (QED) is 0.796. The highest BCUT2D eigenvalue weighted by molar-refractivity contribution is 5.42. The molecule has 1 saturated heterocycles. The average Bonchev–Trinajstić information content (AvgIpc) is 2.28. The van der Waals surface area contributed by atoms with E-state index in [0.717, 1.165) is 19.6 Å². The molecule has 0 saturated carbocycles. The van der Waals surface area contributed by atoms with Gasteiger partial charge in [0.25, 0.3) is 0 Å². The lowest BCUT2D eigenvalue weighted by Gasteiger charge is -2.29. The van der Waals surface area contributed by atoms with Crippen LogP contribution in [0.5, 0.6) is 0 Å². The van der Waals surface area contributed by atoms with Crippen molar-refractivity contribution in [1.82, 2.24) is 10.6 Å². The van der Waals surface area contributed by atoms with Gasteiger partial charge in [-0.3, -0.25) is 0 Å². The topological polar surface area (TPSA) is 24.1 Å². The first-order chi connectivity index (χ1) is 8.39. The number of piperazine rings is 1. The van der Waals surface area contributed by atoms with Gasteiger partial charge in [-0.05, 0) is 41.5 Å². The summed E-state index contributed by atoms with van der Waals surface area (Å²) in [7, 11) is 0. The molecule has 18 heavy (non-hydrogen) atoms. The Morgan fingerprint density at radius 2 is 1.67 bits per heavy atom. The molecule has 2 heteroatoms. The van der Waals surface area contributed by atoms with Gasteiger partial charge in [0.05, 0.1) is 0 Å². The van der Waals surface area contributed by atoms with Crippen LogP contribution in [0.15, 0.2) is 12.1 Å². The van der Waals surface area contributed by atoms with Crippen molar-refractivity contribution in [3.63, 3.8) is 0 Å². The van der Waals surface area contributed by atoms with Crippen LogP contribution in [0.1, 0.15) is 49.1 Å². The van der Waals surface area contributed by atoms with Crippen molar-refractivity contribution in [2.24, 2.45) is 0 Å². The molecule has 1 fully saturated rings. The van der Waals surface area contributed by atoms with Crippen LogP contribution < -0.4 is 10.6 Å². The molecule has 2 N–H and O–H groups in total. The smallest absolute Gasteiger partial charge is 0.0452 e. The van der Waals surface area contributed by atoms with E-state index >= 15 is 0 Å². The first kappa shape index (κ1) is 13.6. The molecule has 0 spiro atoms. The van der Waals surface area contributed by atoms with Crippen molar-refractivity contribution in [1.29, 1.82) is 0 Å². The molecule has 1 aromatic rings. The van der Waals surface area contributed by atoms with Crippen molar-refractivity contribution in [2.75, 3.05) is 19.6 Å². The van der Waals surface area contributed by atoms with E-state index in [1.807, 2.05) is 0 Å². The fourth-order valence-corrected chi connectivity index (χ4v) is 2.81. The zero-order valence-electron chi connectivity index (χ0n) is 12.4. The minimum absolute atomic E-state index is 0.228. The fraction of sp³-hybridized carbons (Fsp3) is 0.625. The summed E-state index contributed by atoms with van der Waals surface area (Å²) in [6, 6.07) is 5.19. The van der Waals surface area contributed by atoms with E-state index in [1.165, 1.54) is 22.3 Å². The lowest BCUT2D eigenvalue weighted by atomic mass is 9.82. The normalized spacial score (nSPS) is 21.1. The standard InChI is InChI=1S/C16H26N2/c1-11-8-13(16(3,4)5)9-12(2)15(11)14-10-17-6-7-18-14/h8-9,14,17-18H,6-7,10H2,1-5H3. The molecule has 0 bridgehead atoms. The third kappa shape index (κ3) is 2.76. The van der Waals surface area contributed by atoms with Crippen molar-refractivity contribution >= 4 is 0 Å². The number of nitrogens with one attached hydrogen (secondary N) is 2. The first-order valence-electron chi connectivity index (χ1n) is 6.95. The highest BCUT2D eigenvalue weighted by atomic mass is 15.1. The van der Waals surface area contributed by atoms with E-state index in [1.54, 1.807) is 0 Å². The lowest BCUT2D eigenvalue weighted by molar-refractivity contribution is 0.427. The summed E-state index contributed by atoms with van der Waals surface area (Å²) >= 11 is 0. The van der Waals surface area contributed by atoms with Crippen LogP contribution in [0.25, 0.3) is 0 Å². The van der Waals surface area contributed by atoms with E-state index in [-0.39, 0.29) is 5.41 Å². The van der Waals surface area contributed by atoms with E-state index in [4.69, 9.17) is 0 Å². The maximum atomic E-state index is 3.61. The predicted octanol–water partition coefficient (Wildman–Crippen LogP) is 2.83. The molecule has 1 atom stereocenters. The van der Waals surface area contributed by atoms with E-state index in [2.05, 4.69) is 57.4 Å². The third-order valence-electron chi connectivity index (χ3n) is 3.85. The molecule has 2 rings (SSSR count). The Morgan fingerprint density at radius 1 is 1.06 bits per heavy atom. The van der Waals surface area contributed by atoms with Gasteiger partial charge >= 0.3 is 0 Å². The number of aryl methyl sites for hydroxylation is 2. The van der Waals surface area contributed by atoms with Crippen LogP contribution in [-0.4, -0.2) is 19.6 Å². The molecular weight excluding hydrogens is 220 g/mol. The van der Waals surface area contributed by atoms with E-state index in [0.29, 0.717) is 6.04 Å². The zero-order valence-corrected chi connectivity index (χ0v) is 12.4. The van der Waals surface area contributed by atoms with Crippen LogP contribution in [0.3, 0.4) is 0 Å². The number of hydrogen-bond donors (Lipinski definition) is 2. The number of hydrogen-bond acceptors (Lipinski definition) is 2. The van der Waals surface area contributed by atoms with Crippen molar-refractivity contribution in [2.45, 2.75) is 46.1 Å². The molecule has 1 heterocycles. The molecule has 0 amide bonds. The first-order valence-corrected chi connectivity index (χ1v) is 6.95. The van der Waals surface area contributed by atoms with Crippen molar-refractivity contribution < 1.29 is 0 Å². The maximum absolute atomic E-state index is 3.61. The molecule has 1 aromatic carbocycles. The molecule has 1 unspecified atom stereocenters. The van der Waals surface area contributed by atoms with Crippen molar-refractivity contribution in [3.05, 3.63) is 34.4 Å². The zero-order chi connectivity index (χ0) is 13.3. The summed E-state index contributed by atoms with van der Waals surface area (Å²) in [6.45, 7) is 14.5. The van der Waals surface area contributed by atoms with Gasteiger partial charge in [0, 0.05) is 25.7 Å². The summed E-state index contributed by atoms with van der Waals surface area (Å²) < 4.78 is 0. The summed E-state index contributed by atoms with van der Waals surface area (Å²) in [4.78, 5) is 0. The average molecular weight is 246 g/mol.